The minimum absolute atomic E-state index is 0.191. The summed E-state index contributed by atoms with van der Waals surface area (Å²) in [5, 5.41) is 6.00. The summed E-state index contributed by atoms with van der Waals surface area (Å²) in [5.41, 5.74) is 1.66. The van der Waals surface area contributed by atoms with Crippen molar-refractivity contribution in [3.63, 3.8) is 0 Å². The normalized spacial score (nSPS) is 11.1. The summed E-state index contributed by atoms with van der Waals surface area (Å²) in [5.74, 6) is -0.253. The summed E-state index contributed by atoms with van der Waals surface area (Å²) in [6.45, 7) is 2.19. The van der Waals surface area contributed by atoms with Gasteiger partial charge in [0.1, 0.15) is 0 Å². The first kappa shape index (κ1) is 13.2. The zero-order valence-corrected chi connectivity index (χ0v) is 10.5. The van der Waals surface area contributed by atoms with Crippen LogP contribution in [-0.2, 0) is 9.53 Å². The van der Waals surface area contributed by atoms with E-state index in [4.69, 9.17) is 4.74 Å². The Balaban J connectivity index is 2.86. The monoisotopic (exact) mass is 234 g/mol. The van der Waals surface area contributed by atoms with Gasteiger partial charge in [-0.25, -0.2) is 0 Å². The van der Waals surface area contributed by atoms with Crippen LogP contribution in [0.4, 0.5) is 0 Å². The Morgan fingerprint density at radius 3 is 2.47 bits per heavy atom. The van der Waals surface area contributed by atoms with E-state index in [1.54, 1.807) is 11.9 Å². The standard InChI is InChI=1S/C13H18N2O2/c1-4-17-13(16)10-12(14-15(2)3)11-8-6-5-7-9-11/h5-9H,4,10H2,1-3H3/b14-12-. The largest absolute Gasteiger partial charge is 0.466 e. The second kappa shape index (κ2) is 6.68. The van der Waals surface area contributed by atoms with Crippen LogP contribution in [0.5, 0.6) is 0 Å². The molecule has 0 saturated heterocycles. The average Bonchev–Trinajstić information content (AvgIpc) is 2.29. The van der Waals surface area contributed by atoms with Crippen molar-refractivity contribution in [1.82, 2.24) is 5.01 Å². The number of nitrogens with zero attached hydrogens (tertiary/aromatic N) is 2. The van der Waals surface area contributed by atoms with Gasteiger partial charge in [0, 0.05) is 14.1 Å². The fourth-order valence-electron chi connectivity index (χ4n) is 1.42. The van der Waals surface area contributed by atoms with Gasteiger partial charge in [0.25, 0.3) is 0 Å². The summed E-state index contributed by atoms with van der Waals surface area (Å²) < 4.78 is 4.94. The van der Waals surface area contributed by atoms with E-state index in [0.29, 0.717) is 12.3 Å². The van der Waals surface area contributed by atoms with E-state index in [1.807, 2.05) is 44.4 Å². The third-order valence-corrected chi connectivity index (χ3v) is 2.04. The van der Waals surface area contributed by atoms with Gasteiger partial charge in [-0.15, -0.1) is 0 Å². The van der Waals surface area contributed by atoms with Crippen molar-refractivity contribution in [2.45, 2.75) is 13.3 Å². The van der Waals surface area contributed by atoms with E-state index in [2.05, 4.69) is 5.10 Å². The number of carbonyl (C=O) groups is 1. The minimum Gasteiger partial charge on any atom is -0.466 e. The molecule has 0 fully saturated rings. The Morgan fingerprint density at radius 1 is 1.29 bits per heavy atom. The third kappa shape index (κ3) is 4.68. The lowest BCUT2D eigenvalue weighted by Gasteiger charge is -2.10. The maximum absolute atomic E-state index is 11.5. The number of hydrogen-bond acceptors (Lipinski definition) is 4. The van der Waals surface area contributed by atoms with Gasteiger partial charge >= 0.3 is 5.97 Å². The Bertz CT molecular complexity index is 386. The highest BCUT2D eigenvalue weighted by Gasteiger charge is 2.11. The van der Waals surface area contributed by atoms with Gasteiger partial charge < -0.3 is 9.75 Å². The van der Waals surface area contributed by atoms with Crippen molar-refractivity contribution in [3.8, 4) is 0 Å². The fraction of sp³-hybridized carbons (Fsp3) is 0.385. The molecule has 0 atom stereocenters. The van der Waals surface area contributed by atoms with Gasteiger partial charge in [-0.2, -0.15) is 5.10 Å². The zero-order valence-electron chi connectivity index (χ0n) is 10.5. The molecule has 4 nitrogen and oxygen atoms in total. The lowest BCUT2D eigenvalue weighted by atomic mass is 10.1. The topological polar surface area (TPSA) is 41.9 Å². The number of carbonyl (C=O) groups excluding carboxylic acids is 1. The van der Waals surface area contributed by atoms with Gasteiger partial charge in [0.05, 0.1) is 18.7 Å². The minimum atomic E-state index is -0.253. The Hall–Kier alpha value is -1.84. The molecule has 0 amide bonds. The predicted octanol–water partition coefficient (Wildman–Crippen LogP) is 1.91. The van der Waals surface area contributed by atoms with Crippen LogP contribution in [0.25, 0.3) is 0 Å². The molecule has 17 heavy (non-hydrogen) atoms. The quantitative estimate of drug-likeness (QED) is 0.444. The highest BCUT2D eigenvalue weighted by atomic mass is 16.5. The SMILES string of the molecule is CCOC(=O)C/C(=N/N(C)C)c1ccccc1. The van der Waals surface area contributed by atoms with Crippen LogP contribution in [0.1, 0.15) is 18.9 Å². The molecule has 0 unspecified atom stereocenters. The van der Waals surface area contributed by atoms with Crippen molar-refractivity contribution in [2.75, 3.05) is 20.7 Å². The van der Waals surface area contributed by atoms with Crippen LogP contribution in [0, 0.1) is 0 Å². The van der Waals surface area contributed by atoms with E-state index in [9.17, 15) is 4.79 Å². The second-order valence-corrected chi connectivity index (χ2v) is 3.74. The molecular formula is C13H18N2O2. The molecule has 0 heterocycles. The average molecular weight is 234 g/mol. The highest BCUT2D eigenvalue weighted by molar-refractivity contribution is 6.09. The van der Waals surface area contributed by atoms with E-state index in [-0.39, 0.29) is 12.4 Å². The van der Waals surface area contributed by atoms with Gasteiger partial charge in [0.15, 0.2) is 0 Å². The van der Waals surface area contributed by atoms with Gasteiger partial charge in [-0.3, -0.25) is 4.79 Å². The van der Waals surface area contributed by atoms with Crippen LogP contribution in [0.2, 0.25) is 0 Å². The summed E-state index contributed by atoms with van der Waals surface area (Å²) in [6.07, 6.45) is 0.191. The van der Waals surface area contributed by atoms with Crippen LogP contribution in [0.3, 0.4) is 0 Å². The van der Waals surface area contributed by atoms with Crippen LogP contribution < -0.4 is 0 Å². The number of benzene rings is 1. The number of esters is 1. The predicted molar refractivity (Wildman–Crippen MR) is 67.9 cm³/mol. The first-order chi connectivity index (χ1) is 8.13. The molecule has 0 bridgehead atoms. The lowest BCUT2D eigenvalue weighted by Crippen LogP contribution is -2.16. The summed E-state index contributed by atoms with van der Waals surface area (Å²) >= 11 is 0. The molecule has 4 heteroatoms. The fourth-order valence-corrected chi connectivity index (χ4v) is 1.42. The molecule has 1 aromatic rings. The smallest absolute Gasteiger partial charge is 0.311 e. The van der Waals surface area contributed by atoms with Crippen LogP contribution >= 0.6 is 0 Å². The lowest BCUT2D eigenvalue weighted by molar-refractivity contribution is -0.141. The Kier molecular flexibility index (Phi) is 5.20. The Morgan fingerprint density at radius 2 is 1.94 bits per heavy atom. The van der Waals surface area contributed by atoms with E-state index in [1.165, 1.54) is 0 Å². The third-order valence-electron chi connectivity index (χ3n) is 2.04. The summed E-state index contributed by atoms with van der Waals surface area (Å²) in [7, 11) is 3.65. The number of hydrazone groups is 1. The number of hydrogen-bond donors (Lipinski definition) is 0. The van der Waals surface area contributed by atoms with Crippen molar-refractivity contribution in [1.29, 1.82) is 0 Å². The molecule has 0 aliphatic rings. The van der Waals surface area contributed by atoms with Gasteiger partial charge in [-0.1, -0.05) is 30.3 Å². The molecular weight excluding hydrogens is 216 g/mol. The molecule has 0 saturated carbocycles. The van der Waals surface area contributed by atoms with Crippen molar-refractivity contribution >= 4 is 11.7 Å². The summed E-state index contributed by atoms with van der Waals surface area (Å²) in [6, 6.07) is 9.64. The van der Waals surface area contributed by atoms with E-state index < -0.39 is 0 Å². The molecule has 1 rings (SSSR count). The van der Waals surface area contributed by atoms with E-state index in [0.717, 1.165) is 5.56 Å². The number of rotatable bonds is 5. The van der Waals surface area contributed by atoms with Gasteiger partial charge in [-0.05, 0) is 12.5 Å². The number of ether oxygens (including phenoxy) is 1. The molecule has 0 aromatic heterocycles. The van der Waals surface area contributed by atoms with Crippen LogP contribution in [-0.4, -0.2) is 37.4 Å². The maximum atomic E-state index is 11.5. The highest BCUT2D eigenvalue weighted by Crippen LogP contribution is 2.06. The van der Waals surface area contributed by atoms with Gasteiger partial charge in [0.2, 0.25) is 0 Å². The summed E-state index contributed by atoms with van der Waals surface area (Å²) in [4.78, 5) is 11.5. The zero-order chi connectivity index (χ0) is 12.7. The van der Waals surface area contributed by atoms with Crippen molar-refractivity contribution in [2.24, 2.45) is 5.10 Å². The van der Waals surface area contributed by atoms with Crippen molar-refractivity contribution < 1.29 is 9.53 Å². The molecule has 0 N–H and O–H groups in total. The first-order valence-electron chi connectivity index (χ1n) is 5.59. The van der Waals surface area contributed by atoms with Crippen molar-refractivity contribution in [3.05, 3.63) is 35.9 Å². The maximum Gasteiger partial charge on any atom is 0.311 e. The molecule has 0 spiro atoms. The second-order valence-electron chi connectivity index (χ2n) is 3.74. The molecule has 0 aliphatic heterocycles. The first-order valence-corrected chi connectivity index (χ1v) is 5.59. The van der Waals surface area contributed by atoms with E-state index >= 15 is 0 Å². The molecule has 0 aliphatic carbocycles. The molecule has 1 aromatic carbocycles. The van der Waals surface area contributed by atoms with Crippen LogP contribution in [0.15, 0.2) is 35.4 Å². The molecule has 92 valence electrons. The molecule has 0 radical (unpaired) electrons. The Labute approximate surface area is 102 Å².